The van der Waals surface area contributed by atoms with Crippen LogP contribution in [0.2, 0.25) is 0 Å². The summed E-state index contributed by atoms with van der Waals surface area (Å²) in [5.41, 5.74) is 1.64. The van der Waals surface area contributed by atoms with E-state index < -0.39 is 22.3 Å². The SMILES string of the molecule is [2H]C1(Cc2ccc(Oc3ccc(C(=C)C(=O)OC)cc3)cc2)SC(=O)NC1=O. The van der Waals surface area contributed by atoms with Gasteiger partial charge in [-0.25, -0.2) is 4.79 Å². The maximum Gasteiger partial charge on any atom is 0.337 e. The largest absolute Gasteiger partial charge is 0.465 e. The van der Waals surface area contributed by atoms with Gasteiger partial charge in [0.15, 0.2) is 0 Å². The quantitative estimate of drug-likeness (QED) is 0.606. The van der Waals surface area contributed by atoms with E-state index in [0.29, 0.717) is 28.8 Å². The number of esters is 1. The van der Waals surface area contributed by atoms with E-state index in [2.05, 4.69) is 16.6 Å². The normalized spacial score (nSPS) is 19.2. The van der Waals surface area contributed by atoms with E-state index in [9.17, 15) is 14.4 Å². The van der Waals surface area contributed by atoms with Crippen molar-refractivity contribution in [1.82, 2.24) is 5.32 Å². The highest BCUT2D eigenvalue weighted by molar-refractivity contribution is 8.15. The third-order valence-electron chi connectivity index (χ3n) is 3.84. The van der Waals surface area contributed by atoms with Crippen LogP contribution in [0.5, 0.6) is 11.5 Å². The second-order valence-corrected chi connectivity index (χ2v) is 6.75. The van der Waals surface area contributed by atoms with E-state index in [4.69, 9.17) is 6.11 Å². The third-order valence-corrected chi connectivity index (χ3v) is 4.71. The van der Waals surface area contributed by atoms with Crippen molar-refractivity contribution in [1.29, 1.82) is 0 Å². The van der Waals surface area contributed by atoms with Crippen molar-refractivity contribution in [2.24, 2.45) is 0 Å². The zero-order chi connectivity index (χ0) is 20.3. The molecule has 1 aliphatic heterocycles. The number of carbonyl (C=O) groups is 3. The van der Waals surface area contributed by atoms with Gasteiger partial charge in [-0.2, -0.15) is 0 Å². The number of hydrogen-bond donors (Lipinski definition) is 1. The molecule has 1 fully saturated rings. The molecule has 0 saturated carbocycles. The number of nitrogens with one attached hydrogen (secondary N) is 1. The minimum absolute atomic E-state index is 0.111. The Bertz CT molecular complexity index is 942. The van der Waals surface area contributed by atoms with E-state index in [1.54, 1.807) is 48.5 Å². The van der Waals surface area contributed by atoms with Gasteiger partial charge in [0, 0.05) is 0 Å². The molecular weight excluding hydrogens is 366 g/mol. The summed E-state index contributed by atoms with van der Waals surface area (Å²) in [6.45, 7) is 3.69. The van der Waals surface area contributed by atoms with Crippen LogP contribution in [0.15, 0.2) is 55.1 Å². The second kappa shape index (κ2) is 8.09. The highest BCUT2D eigenvalue weighted by Crippen LogP contribution is 2.26. The van der Waals surface area contributed by atoms with E-state index in [-0.39, 0.29) is 12.0 Å². The van der Waals surface area contributed by atoms with Gasteiger partial charge in [-0.3, -0.25) is 14.9 Å². The van der Waals surface area contributed by atoms with Gasteiger partial charge in [0.05, 0.1) is 19.3 Å². The van der Waals surface area contributed by atoms with E-state index >= 15 is 0 Å². The van der Waals surface area contributed by atoms with Crippen LogP contribution in [-0.2, 0) is 20.7 Å². The highest BCUT2D eigenvalue weighted by atomic mass is 32.2. The summed E-state index contributed by atoms with van der Waals surface area (Å²) in [7, 11) is 1.30. The van der Waals surface area contributed by atoms with Crippen LogP contribution in [0, 0.1) is 0 Å². The average Bonchev–Trinajstić information content (AvgIpc) is 2.94. The average molecular weight is 384 g/mol. The van der Waals surface area contributed by atoms with Gasteiger partial charge >= 0.3 is 5.97 Å². The van der Waals surface area contributed by atoms with Crippen molar-refractivity contribution >= 4 is 34.5 Å². The standard InChI is InChI=1S/C20H17NO5S/c1-12(19(23)25-2)14-5-9-16(10-6-14)26-15-7-3-13(4-8-15)11-17-18(22)21-20(24)27-17/h3-10,17H,1,11H2,2H3,(H,21,22,24)/i17D. The van der Waals surface area contributed by atoms with Gasteiger partial charge in [-0.15, -0.1) is 0 Å². The van der Waals surface area contributed by atoms with Gasteiger partial charge < -0.3 is 9.47 Å². The Hall–Kier alpha value is -3.06. The molecule has 0 spiro atoms. The fourth-order valence-corrected chi connectivity index (χ4v) is 3.17. The van der Waals surface area contributed by atoms with E-state index in [1.165, 1.54) is 7.11 Å². The predicted octanol–water partition coefficient (Wildman–Crippen LogP) is 3.56. The first-order chi connectivity index (χ1) is 13.3. The number of ether oxygens (including phenoxy) is 2. The smallest absolute Gasteiger partial charge is 0.337 e. The maximum absolute atomic E-state index is 11.8. The number of thioether (sulfide) groups is 1. The van der Waals surface area contributed by atoms with Crippen molar-refractivity contribution in [3.8, 4) is 11.5 Å². The molecule has 0 aromatic heterocycles. The number of methoxy groups -OCH3 is 1. The van der Waals surface area contributed by atoms with Gasteiger partial charge in [0.1, 0.15) is 11.5 Å². The third kappa shape index (κ3) is 4.57. The van der Waals surface area contributed by atoms with Crippen LogP contribution in [0.3, 0.4) is 0 Å². The number of amides is 2. The fraction of sp³-hybridized carbons (Fsp3) is 0.150. The van der Waals surface area contributed by atoms with Crippen LogP contribution in [0.1, 0.15) is 12.5 Å². The molecule has 138 valence electrons. The summed E-state index contributed by atoms with van der Waals surface area (Å²) >= 11 is 0.681. The van der Waals surface area contributed by atoms with Crippen molar-refractivity contribution in [2.45, 2.75) is 11.6 Å². The lowest BCUT2D eigenvalue weighted by Gasteiger charge is -2.09. The number of hydrogen-bond acceptors (Lipinski definition) is 6. The van der Waals surface area contributed by atoms with Gasteiger partial charge in [0.2, 0.25) is 5.91 Å². The maximum atomic E-state index is 11.8. The molecular formula is C20H17NO5S. The molecule has 0 radical (unpaired) electrons. The molecule has 7 heteroatoms. The number of rotatable bonds is 6. The zero-order valence-corrected chi connectivity index (χ0v) is 15.3. The molecule has 1 N–H and O–H groups in total. The summed E-state index contributed by atoms with van der Waals surface area (Å²) in [6, 6.07) is 13.8. The topological polar surface area (TPSA) is 81.7 Å². The minimum atomic E-state index is -1.54. The zero-order valence-electron chi connectivity index (χ0n) is 15.5. The first-order valence-electron chi connectivity index (χ1n) is 8.49. The summed E-state index contributed by atoms with van der Waals surface area (Å²) in [5, 5.41) is 0.0866. The lowest BCUT2D eigenvalue weighted by atomic mass is 10.1. The van der Waals surface area contributed by atoms with Gasteiger partial charge in [0.25, 0.3) is 5.24 Å². The molecule has 3 rings (SSSR count). The molecule has 2 amide bonds. The van der Waals surface area contributed by atoms with Crippen LogP contribution in [0.4, 0.5) is 4.79 Å². The van der Waals surface area contributed by atoms with Crippen molar-refractivity contribution in [3.05, 3.63) is 66.2 Å². The molecule has 2 aromatic carbocycles. The monoisotopic (exact) mass is 384 g/mol. The lowest BCUT2D eigenvalue weighted by molar-refractivity contribution is -0.133. The fourth-order valence-electron chi connectivity index (χ4n) is 2.42. The summed E-state index contributed by atoms with van der Waals surface area (Å²) in [5.74, 6) is 0.0491. The predicted molar refractivity (Wildman–Crippen MR) is 103 cm³/mol. The van der Waals surface area contributed by atoms with Crippen LogP contribution < -0.4 is 10.1 Å². The molecule has 1 unspecified atom stereocenters. The first-order valence-corrected chi connectivity index (χ1v) is 8.81. The van der Waals surface area contributed by atoms with Crippen LogP contribution >= 0.6 is 11.8 Å². The van der Waals surface area contributed by atoms with Gasteiger partial charge in [-0.05, 0) is 41.8 Å². The molecule has 1 aliphatic rings. The van der Waals surface area contributed by atoms with Crippen molar-refractivity contribution < 1.29 is 25.2 Å². The molecule has 0 aliphatic carbocycles. The van der Waals surface area contributed by atoms with Crippen LogP contribution in [-0.4, -0.2) is 29.5 Å². The second-order valence-electron chi connectivity index (χ2n) is 5.68. The summed E-state index contributed by atoms with van der Waals surface area (Å²) in [6.07, 6.45) is 0.111. The Morgan fingerprint density at radius 1 is 1.15 bits per heavy atom. The lowest BCUT2D eigenvalue weighted by Crippen LogP contribution is -2.25. The highest BCUT2D eigenvalue weighted by Gasteiger charge is 2.31. The summed E-state index contributed by atoms with van der Waals surface area (Å²) < 4.78 is 18.5. The Balaban J connectivity index is 1.64. The number of imide groups is 1. The molecule has 6 nitrogen and oxygen atoms in total. The van der Waals surface area contributed by atoms with Gasteiger partial charge in [-0.1, -0.05) is 42.6 Å². The van der Waals surface area contributed by atoms with Crippen molar-refractivity contribution in [3.63, 3.8) is 0 Å². The molecule has 2 aromatic rings. The Morgan fingerprint density at radius 2 is 1.74 bits per heavy atom. The molecule has 27 heavy (non-hydrogen) atoms. The van der Waals surface area contributed by atoms with E-state index in [0.717, 1.165) is 5.56 Å². The van der Waals surface area contributed by atoms with Crippen molar-refractivity contribution in [2.75, 3.05) is 7.11 Å². The van der Waals surface area contributed by atoms with E-state index in [1.807, 2.05) is 0 Å². The minimum Gasteiger partial charge on any atom is -0.465 e. The summed E-state index contributed by atoms with van der Waals surface area (Å²) in [4.78, 5) is 34.5. The molecule has 0 bridgehead atoms. The molecule has 1 atom stereocenters. The Kier molecular flexibility index (Phi) is 5.20. The Labute approximate surface area is 162 Å². The molecule has 1 saturated heterocycles. The number of benzene rings is 2. The first kappa shape index (κ1) is 17.4. The van der Waals surface area contributed by atoms with Crippen LogP contribution in [0.25, 0.3) is 5.57 Å². The Morgan fingerprint density at radius 3 is 2.26 bits per heavy atom. The number of carbonyl (C=O) groups excluding carboxylic acids is 3. The molecule has 1 heterocycles.